The molecular formula is C16H17N3O2. The van der Waals surface area contributed by atoms with E-state index in [-0.39, 0.29) is 11.3 Å². The van der Waals surface area contributed by atoms with E-state index in [1.165, 1.54) is 0 Å². The number of hydrogen-bond acceptors (Lipinski definition) is 3. The molecule has 108 valence electrons. The summed E-state index contributed by atoms with van der Waals surface area (Å²) >= 11 is 0. The molecule has 0 aliphatic rings. The molecule has 0 saturated heterocycles. The second-order valence-corrected chi connectivity index (χ2v) is 5.12. The maximum atomic E-state index is 12.8. The topological polar surface area (TPSA) is 60.1 Å². The lowest BCUT2D eigenvalue weighted by Gasteiger charge is -2.11. The van der Waals surface area contributed by atoms with Gasteiger partial charge >= 0.3 is 0 Å². The third kappa shape index (κ3) is 1.93. The standard InChI is InChI=1S/C16H17N3O2/c1-4-19-12-9-18(3)17-14(12)15(20)13(16(19)21)11-8-6-5-7-10(11)2/h5-9,20H,4H2,1-3H3. The van der Waals surface area contributed by atoms with Crippen molar-refractivity contribution in [2.45, 2.75) is 20.4 Å². The van der Waals surface area contributed by atoms with Crippen LogP contribution in [0.25, 0.3) is 22.2 Å². The number of pyridine rings is 1. The fourth-order valence-corrected chi connectivity index (χ4v) is 2.72. The molecule has 0 amide bonds. The van der Waals surface area contributed by atoms with Crippen molar-refractivity contribution >= 4 is 11.0 Å². The molecule has 2 aromatic heterocycles. The van der Waals surface area contributed by atoms with Crippen LogP contribution >= 0.6 is 0 Å². The molecule has 3 rings (SSSR count). The summed E-state index contributed by atoms with van der Waals surface area (Å²) in [5.74, 6) is -0.0467. The molecule has 0 aliphatic carbocycles. The Morgan fingerprint density at radius 3 is 2.67 bits per heavy atom. The molecule has 0 radical (unpaired) electrons. The first-order valence-corrected chi connectivity index (χ1v) is 6.89. The number of nitrogens with zero attached hydrogens (tertiary/aromatic N) is 3. The van der Waals surface area contributed by atoms with Crippen molar-refractivity contribution in [3.63, 3.8) is 0 Å². The van der Waals surface area contributed by atoms with Gasteiger partial charge in [0, 0.05) is 19.8 Å². The third-order valence-electron chi connectivity index (χ3n) is 3.75. The van der Waals surface area contributed by atoms with Crippen molar-refractivity contribution < 1.29 is 5.11 Å². The maximum Gasteiger partial charge on any atom is 0.262 e. The minimum absolute atomic E-state index is 0.0467. The highest BCUT2D eigenvalue weighted by atomic mass is 16.3. The van der Waals surface area contributed by atoms with Crippen LogP contribution in [0.4, 0.5) is 0 Å². The molecule has 0 spiro atoms. The van der Waals surface area contributed by atoms with E-state index in [2.05, 4.69) is 5.10 Å². The van der Waals surface area contributed by atoms with Crippen LogP contribution in [0.2, 0.25) is 0 Å². The molecule has 5 heteroatoms. The monoisotopic (exact) mass is 283 g/mol. The lowest BCUT2D eigenvalue weighted by Crippen LogP contribution is -2.21. The Kier molecular flexibility index (Phi) is 3.05. The first-order chi connectivity index (χ1) is 10.0. The summed E-state index contributed by atoms with van der Waals surface area (Å²) in [5, 5.41) is 14.8. The smallest absolute Gasteiger partial charge is 0.262 e. The van der Waals surface area contributed by atoms with Gasteiger partial charge in [-0.15, -0.1) is 0 Å². The average Bonchev–Trinajstić information content (AvgIpc) is 2.83. The molecule has 2 heterocycles. The van der Waals surface area contributed by atoms with Crippen LogP contribution in [0.5, 0.6) is 5.75 Å². The summed E-state index contributed by atoms with van der Waals surface area (Å²) in [5.41, 5.74) is 2.93. The molecule has 0 bridgehead atoms. The zero-order valence-corrected chi connectivity index (χ0v) is 12.3. The van der Waals surface area contributed by atoms with Crippen LogP contribution in [0.1, 0.15) is 12.5 Å². The fourth-order valence-electron chi connectivity index (χ4n) is 2.72. The van der Waals surface area contributed by atoms with Crippen molar-refractivity contribution in [1.29, 1.82) is 0 Å². The van der Waals surface area contributed by atoms with Crippen LogP contribution in [0.15, 0.2) is 35.3 Å². The summed E-state index contributed by atoms with van der Waals surface area (Å²) in [6.45, 7) is 4.36. The van der Waals surface area contributed by atoms with Crippen LogP contribution < -0.4 is 5.56 Å². The van der Waals surface area contributed by atoms with Gasteiger partial charge in [-0.05, 0) is 25.0 Å². The van der Waals surface area contributed by atoms with Crippen molar-refractivity contribution in [2.75, 3.05) is 0 Å². The molecular weight excluding hydrogens is 266 g/mol. The van der Waals surface area contributed by atoms with E-state index >= 15 is 0 Å². The van der Waals surface area contributed by atoms with E-state index in [1.807, 2.05) is 38.1 Å². The number of hydrogen-bond donors (Lipinski definition) is 1. The second-order valence-electron chi connectivity index (χ2n) is 5.12. The van der Waals surface area contributed by atoms with Crippen molar-refractivity contribution in [2.24, 2.45) is 7.05 Å². The quantitative estimate of drug-likeness (QED) is 0.785. The highest BCUT2D eigenvalue weighted by Crippen LogP contribution is 2.33. The van der Waals surface area contributed by atoms with Gasteiger partial charge in [-0.3, -0.25) is 9.48 Å². The first-order valence-electron chi connectivity index (χ1n) is 6.89. The summed E-state index contributed by atoms with van der Waals surface area (Å²) in [7, 11) is 1.78. The maximum absolute atomic E-state index is 12.8. The normalized spacial score (nSPS) is 11.2. The molecule has 0 saturated carbocycles. The highest BCUT2D eigenvalue weighted by Gasteiger charge is 2.20. The van der Waals surface area contributed by atoms with Gasteiger partial charge in [0.05, 0.1) is 11.1 Å². The molecule has 5 nitrogen and oxygen atoms in total. The molecule has 1 aromatic carbocycles. The van der Waals surface area contributed by atoms with E-state index in [9.17, 15) is 9.90 Å². The van der Waals surface area contributed by atoms with Gasteiger partial charge in [-0.25, -0.2) is 0 Å². The van der Waals surface area contributed by atoms with Crippen LogP contribution in [0.3, 0.4) is 0 Å². The minimum atomic E-state index is -0.190. The Hall–Kier alpha value is -2.56. The summed E-state index contributed by atoms with van der Waals surface area (Å²) < 4.78 is 3.25. The minimum Gasteiger partial charge on any atom is -0.505 e. The molecule has 21 heavy (non-hydrogen) atoms. The third-order valence-corrected chi connectivity index (χ3v) is 3.75. The van der Waals surface area contributed by atoms with E-state index < -0.39 is 0 Å². The molecule has 1 N–H and O–H groups in total. The molecule has 0 fully saturated rings. The molecule has 0 unspecified atom stereocenters. The Morgan fingerprint density at radius 2 is 2.00 bits per heavy atom. The Bertz CT molecular complexity index is 890. The number of rotatable bonds is 2. The number of aryl methyl sites for hydroxylation is 3. The largest absolute Gasteiger partial charge is 0.505 e. The highest BCUT2D eigenvalue weighted by molar-refractivity contribution is 5.89. The SMILES string of the molecule is CCn1c(=O)c(-c2ccccc2C)c(O)c2nn(C)cc21. The van der Waals surface area contributed by atoms with Crippen molar-refractivity contribution in [3.05, 3.63) is 46.4 Å². The van der Waals surface area contributed by atoms with Crippen LogP contribution in [-0.2, 0) is 13.6 Å². The number of fused-ring (bicyclic) bond motifs is 1. The molecule has 3 aromatic rings. The van der Waals surface area contributed by atoms with Gasteiger partial charge < -0.3 is 9.67 Å². The van der Waals surface area contributed by atoms with Gasteiger partial charge in [0.1, 0.15) is 0 Å². The average molecular weight is 283 g/mol. The summed E-state index contributed by atoms with van der Waals surface area (Å²) in [6, 6.07) is 7.54. The first kappa shape index (κ1) is 13.4. The lowest BCUT2D eigenvalue weighted by molar-refractivity contribution is 0.479. The van der Waals surface area contributed by atoms with Crippen LogP contribution in [-0.4, -0.2) is 19.5 Å². The van der Waals surface area contributed by atoms with E-state index in [1.54, 1.807) is 22.5 Å². The zero-order valence-electron chi connectivity index (χ0n) is 12.3. The molecule has 0 aliphatic heterocycles. The molecule has 0 atom stereocenters. The van der Waals surface area contributed by atoms with Crippen molar-refractivity contribution in [3.8, 4) is 16.9 Å². The van der Waals surface area contributed by atoms with Crippen LogP contribution in [0, 0.1) is 6.92 Å². The van der Waals surface area contributed by atoms with Gasteiger partial charge in [0.25, 0.3) is 5.56 Å². The van der Waals surface area contributed by atoms with Gasteiger partial charge in [0.15, 0.2) is 11.3 Å². The van der Waals surface area contributed by atoms with E-state index in [0.29, 0.717) is 23.1 Å². The second kappa shape index (κ2) is 4.77. The van der Waals surface area contributed by atoms with Gasteiger partial charge in [0.2, 0.25) is 0 Å². The Balaban J connectivity index is 2.49. The van der Waals surface area contributed by atoms with Crippen molar-refractivity contribution in [1.82, 2.24) is 14.3 Å². The van der Waals surface area contributed by atoms with Gasteiger partial charge in [-0.1, -0.05) is 24.3 Å². The zero-order chi connectivity index (χ0) is 15.1. The lowest BCUT2D eigenvalue weighted by atomic mass is 10.0. The Morgan fingerprint density at radius 1 is 1.29 bits per heavy atom. The van der Waals surface area contributed by atoms with E-state index in [0.717, 1.165) is 11.1 Å². The predicted octanol–water partition coefficient (Wildman–Crippen LogP) is 2.44. The summed E-state index contributed by atoms with van der Waals surface area (Å²) in [6.07, 6.45) is 1.75. The fraction of sp³-hybridized carbons (Fsp3) is 0.250. The summed E-state index contributed by atoms with van der Waals surface area (Å²) in [4.78, 5) is 12.8. The van der Waals surface area contributed by atoms with Gasteiger partial charge in [-0.2, -0.15) is 5.10 Å². The predicted molar refractivity (Wildman–Crippen MR) is 82.5 cm³/mol. The van der Waals surface area contributed by atoms with E-state index in [4.69, 9.17) is 0 Å². The number of aromatic nitrogens is 3. The Labute approximate surface area is 122 Å². The number of aromatic hydroxyl groups is 1. The number of benzene rings is 1.